The molecule has 1 aliphatic carbocycles. The van der Waals surface area contributed by atoms with Gasteiger partial charge in [-0.2, -0.15) is 0 Å². The first-order valence-electron chi connectivity index (χ1n) is 7.70. The number of aryl methyl sites for hydroxylation is 1. The van der Waals surface area contributed by atoms with Gasteiger partial charge in [0.15, 0.2) is 0 Å². The normalized spacial score (nSPS) is 16.6. The molecule has 2 nitrogen and oxygen atoms in total. The number of hydrogen-bond donors (Lipinski definition) is 1. The third-order valence-electron chi connectivity index (χ3n) is 4.17. The lowest BCUT2D eigenvalue weighted by Crippen LogP contribution is -2.28. The van der Waals surface area contributed by atoms with Gasteiger partial charge in [-0.15, -0.1) is 11.3 Å². The molecule has 0 bridgehead atoms. The second-order valence-electron chi connectivity index (χ2n) is 5.82. The van der Waals surface area contributed by atoms with Gasteiger partial charge >= 0.3 is 0 Å². The number of nitrogens with zero attached hydrogens (tertiary/aromatic N) is 1. The quantitative estimate of drug-likeness (QED) is 0.761. The predicted octanol–water partition coefficient (Wildman–Crippen LogP) is 3.93. The molecule has 1 aromatic rings. The minimum Gasteiger partial charge on any atom is -0.312 e. The van der Waals surface area contributed by atoms with E-state index < -0.39 is 0 Å². The Morgan fingerprint density at radius 1 is 1.37 bits per heavy atom. The SMILES string of the molecule is CCCNCc1cc(CN(C)C2CCCC2)c(C)s1. The second-order valence-corrected chi connectivity index (χ2v) is 7.17. The van der Waals surface area contributed by atoms with E-state index in [1.807, 2.05) is 11.3 Å². The third-order valence-corrected chi connectivity index (χ3v) is 5.26. The highest BCUT2D eigenvalue weighted by molar-refractivity contribution is 7.12. The molecule has 0 unspecified atom stereocenters. The van der Waals surface area contributed by atoms with Gasteiger partial charge in [0.1, 0.15) is 0 Å². The second kappa shape index (κ2) is 7.41. The molecule has 0 aromatic carbocycles. The van der Waals surface area contributed by atoms with Gasteiger partial charge in [0.25, 0.3) is 0 Å². The van der Waals surface area contributed by atoms with E-state index in [0.29, 0.717) is 0 Å². The molecule has 1 saturated carbocycles. The van der Waals surface area contributed by atoms with Gasteiger partial charge in [-0.3, -0.25) is 4.90 Å². The van der Waals surface area contributed by atoms with Crippen LogP contribution in [0.5, 0.6) is 0 Å². The summed E-state index contributed by atoms with van der Waals surface area (Å²) >= 11 is 1.96. The van der Waals surface area contributed by atoms with Crippen LogP contribution in [0.2, 0.25) is 0 Å². The van der Waals surface area contributed by atoms with E-state index in [1.54, 1.807) is 0 Å². The highest BCUT2D eigenvalue weighted by Crippen LogP contribution is 2.27. The monoisotopic (exact) mass is 280 g/mol. The molecule has 0 amide bonds. The summed E-state index contributed by atoms with van der Waals surface area (Å²) in [6.45, 7) is 7.77. The summed E-state index contributed by atoms with van der Waals surface area (Å²) in [6.07, 6.45) is 6.84. The molecule has 2 rings (SSSR count). The van der Waals surface area contributed by atoms with Crippen LogP contribution in [0.3, 0.4) is 0 Å². The molecule has 0 spiro atoms. The van der Waals surface area contributed by atoms with Gasteiger partial charge in [0.05, 0.1) is 0 Å². The van der Waals surface area contributed by atoms with Crippen molar-refractivity contribution in [3.8, 4) is 0 Å². The highest BCUT2D eigenvalue weighted by Gasteiger charge is 2.20. The Morgan fingerprint density at radius 3 is 2.79 bits per heavy atom. The van der Waals surface area contributed by atoms with Crippen LogP contribution < -0.4 is 5.32 Å². The van der Waals surface area contributed by atoms with Crippen LogP contribution >= 0.6 is 11.3 Å². The number of nitrogens with one attached hydrogen (secondary N) is 1. The minimum absolute atomic E-state index is 0.820. The van der Waals surface area contributed by atoms with Crippen molar-refractivity contribution in [2.75, 3.05) is 13.6 Å². The Kier molecular flexibility index (Phi) is 5.86. The fourth-order valence-electron chi connectivity index (χ4n) is 2.96. The Morgan fingerprint density at radius 2 is 2.11 bits per heavy atom. The summed E-state index contributed by atoms with van der Waals surface area (Å²) < 4.78 is 0. The smallest absolute Gasteiger partial charge is 0.0299 e. The Hall–Kier alpha value is -0.380. The summed E-state index contributed by atoms with van der Waals surface area (Å²) in [5, 5.41) is 3.50. The lowest BCUT2D eigenvalue weighted by atomic mass is 10.2. The molecular formula is C16H28N2S. The molecule has 1 aliphatic rings. The van der Waals surface area contributed by atoms with E-state index in [-0.39, 0.29) is 0 Å². The first-order chi connectivity index (χ1) is 9.20. The van der Waals surface area contributed by atoms with Crippen molar-refractivity contribution in [3.63, 3.8) is 0 Å². The van der Waals surface area contributed by atoms with Gasteiger partial charge in [0, 0.05) is 28.9 Å². The van der Waals surface area contributed by atoms with Crippen LogP contribution in [-0.4, -0.2) is 24.5 Å². The van der Waals surface area contributed by atoms with E-state index in [1.165, 1.54) is 47.4 Å². The first-order valence-corrected chi connectivity index (χ1v) is 8.51. The largest absolute Gasteiger partial charge is 0.312 e. The fourth-order valence-corrected chi connectivity index (χ4v) is 3.99. The summed E-state index contributed by atoms with van der Waals surface area (Å²) in [6, 6.07) is 3.23. The molecule has 1 N–H and O–H groups in total. The van der Waals surface area contributed by atoms with Crippen LogP contribution in [0, 0.1) is 6.92 Å². The van der Waals surface area contributed by atoms with Crippen LogP contribution in [0.15, 0.2) is 6.07 Å². The van der Waals surface area contributed by atoms with E-state index in [0.717, 1.165) is 25.7 Å². The molecule has 1 heterocycles. The van der Waals surface area contributed by atoms with Crippen molar-refractivity contribution in [2.45, 2.75) is 65.1 Å². The maximum atomic E-state index is 3.50. The molecule has 1 aromatic heterocycles. The average molecular weight is 280 g/mol. The molecule has 0 atom stereocenters. The molecule has 0 saturated heterocycles. The van der Waals surface area contributed by atoms with Crippen LogP contribution in [0.25, 0.3) is 0 Å². The van der Waals surface area contributed by atoms with Crippen LogP contribution in [0.1, 0.15) is 54.3 Å². The Balaban J connectivity index is 1.88. The van der Waals surface area contributed by atoms with Gasteiger partial charge in [-0.05, 0) is 51.4 Å². The Bertz CT molecular complexity index is 380. The molecular weight excluding hydrogens is 252 g/mol. The fraction of sp³-hybridized carbons (Fsp3) is 0.750. The molecule has 1 fully saturated rings. The van der Waals surface area contributed by atoms with E-state index in [9.17, 15) is 0 Å². The zero-order valence-corrected chi connectivity index (χ0v) is 13.5. The zero-order valence-electron chi connectivity index (χ0n) is 12.7. The van der Waals surface area contributed by atoms with Gasteiger partial charge in [-0.1, -0.05) is 19.8 Å². The lowest BCUT2D eigenvalue weighted by molar-refractivity contribution is 0.237. The van der Waals surface area contributed by atoms with Crippen LogP contribution in [-0.2, 0) is 13.1 Å². The molecule has 19 heavy (non-hydrogen) atoms. The predicted molar refractivity (Wildman–Crippen MR) is 84.8 cm³/mol. The standard InChI is InChI=1S/C16H28N2S/c1-4-9-17-11-16-10-14(13(2)19-16)12-18(3)15-7-5-6-8-15/h10,15,17H,4-9,11-12H2,1-3H3. The maximum Gasteiger partial charge on any atom is 0.0299 e. The molecule has 0 aliphatic heterocycles. The van der Waals surface area contributed by atoms with Crippen LogP contribution in [0.4, 0.5) is 0 Å². The minimum atomic E-state index is 0.820. The van der Waals surface area contributed by atoms with Gasteiger partial charge < -0.3 is 5.32 Å². The van der Waals surface area contributed by atoms with Gasteiger partial charge in [0.2, 0.25) is 0 Å². The summed E-state index contributed by atoms with van der Waals surface area (Å²) in [5.41, 5.74) is 1.53. The van der Waals surface area contributed by atoms with E-state index >= 15 is 0 Å². The topological polar surface area (TPSA) is 15.3 Å². The molecule has 108 valence electrons. The summed E-state index contributed by atoms with van der Waals surface area (Å²) in [7, 11) is 2.29. The van der Waals surface area contributed by atoms with Crippen molar-refractivity contribution in [1.82, 2.24) is 10.2 Å². The zero-order chi connectivity index (χ0) is 13.7. The molecule has 0 radical (unpaired) electrons. The molecule has 3 heteroatoms. The van der Waals surface area contributed by atoms with Crippen molar-refractivity contribution >= 4 is 11.3 Å². The average Bonchev–Trinajstić information content (AvgIpc) is 3.01. The highest BCUT2D eigenvalue weighted by atomic mass is 32.1. The van der Waals surface area contributed by atoms with E-state index in [2.05, 4.69) is 37.2 Å². The first kappa shape index (κ1) is 15.0. The van der Waals surface area contributed by atoms with E-state index in [4.69, 9.17) is 0 Å². The van der Waals surface area contributed by atoms with Crippen molar-refractivity contribution in [2.24, 2.45) is 0 Å². The van der Waals surface area contributed by atoms with Gasteiger partial charge in [-0.25, -0.2) is 0 Å². The number of thiophene rings is 1. The maximum absolute atomic E-state index is 3.50. The van der Waals surface area contributed by atoms with Crippen molar-refractivity contribution in [1.29, 1.82) is 0 Å². The number of hydrogen-bond acceptors (Lipinski definition) is 3. The van der Waals surface area contributed by atoms with Crippen molar-refractivity contribution < 1.29 is 0 Å². The summed E-state index contributed by atoms with van der Waals surface area (Å²) in [5.74, 6) is 0. The number of rotatable bonds is 7. The van der Waals surface area contributed by atoms with Crippen molar-refractivity contribution in [3.05, 3.63) is 21.4 Å². The summed E-state index contributed by atoms with van der Waals surface area (Å²) in [4.78, 5) is 5.55. The Labute approximate surface area is 122 Å². The third kappa shape index (κ3) is 4.30. The lowest BCUT2D eigenvalue weighted by Gasteiger charge is -2.23.